The van der Waals surface area contributed by atoms with Crippen LogP contribution in [0.3, 0.4) is 0 Å². The fraction of sp³-hybridized carbons (Fsp3) is 0.733. The Kier molecular flexibility index (Phi) is 5.37. The maximum absolute atomic E-state index is 5.91. The number of thioether (sulfide) groups is 1. The van der Waals surface area contributed by atoms with Crippen molar-refractivity contribution in [1.82, 2.24) is 10.2 Å². The van der Waals surface area contributed by atoms with Crippen molar-refractivity contribution < 1.29 is 4.42 Å². The van der Waals surface area contributed by atoms with Crippen LogP contribution in [0.15, 0.2) is 16.5 Å². The Morgan fingerprint density at radius 2 is 2.11 bits per heavy atom. The van der Waals surface area contributed by atoms with E-state index in [4.69, 9.17) is 4.42 Å². The molecule has 0 aromatic carbocycles. The molecule has 3 nitrogen and oxygen atoms in total. The highest BCUT2D eigenvalue weighted by Crippen LogP contribution is 2.25. The Hall–Kier alpha value is -0.450. The second-order valence-electron chi connectivity index (χ2n) is 5.69. The number of nitrogens with one attached hydrogen (secondary N) is 1. The molecule has 0 aliphatic carbocycles. The van der Waals surface area contributed by atoms with Crippen molar-refractivity contribution in [2.45, 2.75) is 58.1 Å². The fourth-order valence-electron chi connectivity index (χ4n) is 2.33. The van der Waals surface area contributed by atoms with Crippen molar-refractivity contribution in [2.75, 3.05) is 12.3 Å². The van der Waals surface area contributed by atoms with Crippen molar-refractivity contribution in [2.24, 2.45) is 0 Å². The summed E-state index contributed by atoms with van der Waals surface area (Å²) in [6, 6.07) is 5.34. The van der Waals surface area contributed by atoms with Crippen LogP contribution >= 0.6 is 11.8 Å². The third kappa shape index (κ3) is 4.26. The fourth-order valence-corrected chi connectivity index (χ4v) is 3.49. The van der Waals surface area contributed by atoms with Gasteiger partial charge >= 0.3 is 0 Å². The van der Waals surface area contributed by atoms with Gasteiger partial charge < -0.3 is 9.73 Å². The average Bonchev–Trinajstić information content (AvgIpc) is 2.80. The second-order valence-corrected chi connectivity index (χ2v) is 7.18. The molecule has 0 amide bonds. The molecule has 0 bridgehead atoms. The van der Waals surface area contributed by atoms with Crippen LogP contribution in [0, 0.1) is 0 Å². The van der Waals surface area contributed by atoms with Gasteiger partial charge in [0.1, 0.15) is 11.5 Å². The lowest BCUT2D eigenvalue weighted by molar-refractivity contribution is 0.187. The van der Waals surface area contributed by atoms with E-state index in [0.717, 1.165) is 31.2 Å². The van der Waals surface area contributed by atoms with Crippen LogP contribution in [-0.2, 0) is 13.1 Å². The van der Waals surface area contributed by atoms with E-state index in [2.05, 4.69) is 61.8 Å². The first-order valence-electron chi connectivity index (χ1n) is 7.23. The van der Waals surface area contributed by atoms with Gasteiger partial charge in [-0.3, -0.25) is 4.90 Å². The molecule has 1 aromatic heterocycles. The minimum absolute atomic E-state index is 0.494. The summed E-state index contributed by atoms with van der Waals surface area (Å²) < 4.78 is 5.91. The molecule has 0 radical (unpaired) electrons. The Bertz CT molecular complexity index is 391. The van der Waals surface area contributed by atoms with E-state index in [1.807, 2.05) is 0 Å². The van der Waals surface area contributed by atoms with Crippen molar-refractivity contribution in [3.63, 3.8) is 0 Å². The monoisotopic (exact) mass is 282 g/mol. The van der Waals surface area contributed by atoms with Gasteiger partial charge in [0.15, 0.2) is 0 Å². The predicted octanol–water partition coefficient (Wildman–Crippen LogP) is 3.10. The van der Waals surface area contributed by atoms with Crippen LogP contribution in [0.1, 0.15) is 39.2 Å². The molecule has 0 saturated carbocycles. The number of furan rings is 1. The van der Waals surface area contributed by atoms with Crippen LogP contribution in [-0.4, -0.2) is 34.5 Å². The highest BCUT2D eigenvalue weighted by molar-refractivity contribution is 8.00. The number of rotatable bonds is 5. The van der Waals surface area contributed by atoms with Gasteiger partial charge in [-0.25, -0.2) is 0 Å². The second kappa shape index (κ2) is 6.82. The maximum atomic E-state index is 5.91. The van der Waals surface area contributed by atoms with Crippen molar-refractivity contribution in [3.8, 4) is 0 Å². The van der Waals surface area contributed by atoms with Gasteiger partial charge in [0.25, 0.3) is 0 Å². The molecule has 2 heterocycles. The summed E-state index contributed by atoms with van der Waals surface area (Å²) in [5.41, 5.74) is 0. The molecule has 0 spiro atoms. The molecule has 108 valence electrons. The highest BCUT2D eigenvalue weighted by atomic mass is 32.2. The zero-order chi connectivity index (χ0) is 13.8. The smallest absolute Gasteiger partial charge is 0.118 e. The van der Waals surface area contributed by atoms with Gasteiger partial charge in [0.2, 0.25) is 0 Å². The zero-order valence-corrected chi connectivity index (χ0v) is 13.3. The summed E-state index contributed by atoms with van der Waals surface area (Å²) in [5, 5.41) is 4.10. The molecule has 1 aliphatic heterocycles. The summed E-state index contributed by atoms with van der Waals surface area (Å²) >= 11 is 2.07. The Morgan fingerprint density at radius 1 is 1.37 bits per heavy atom. The lowest BCUT2D eigenvalue weighted by Crippen LogP contribution is -2.43. The van der Waals surface area contributed by atoms with Gasteiger partial charge in [-0.05, 0) is 19.1 Å². The highest BCUT2D eigenvalue weighted by Gasteiger charge is 2.25. The first-order chi connectivity index (χ1) is 9.06. The van der Waals surface area contributed by atoms with Crippen molar-refractivity contribution in [3.05, 3.63) is 23.7 Å². The Balaban J connectivity index is 1.88. The minimum Gasteiger partial charge on any atom is -0.463 e. The van der Waals surface area contributed by atoms with Gasteiger partial charge in [-0.2, -0.15) is 11.8 Å². The first kappa shape index (κ1) is 14.9. The van der Waals surface area contributed by atoms with E-state index in [9.17, 15) is 0 Å². The van der Waals surface area contributed by atoms with E-state index in [0.29, 0.717) is 17.3 Å². The van der Waals surface area contributed by atoms with Crippen LogP contribution in [0.25, 0.3) is 0 Å². The van der Waals surface area contributed by atoms with E-state index in [-0.39, 0.29) is 0 Å². The summed E-state index contributed by atoms with van der Waals surface area (Å²) in [6.07, 6.45) is 0. The molecule has 1 N–H and O–H groups in total. The van der Waals surface area contributed by atoms with Crippen LogP contribution < -0.4 is 5.32 Å². The first-order valence-corrected chi connectivity index (χ1v) is 8.27. The van der Waals surface area contributed by atoms with Crippen LogP contribution in [0.5, 0.6) is 0 Å². The molecule has 19 heavy (non-hydrogen) atoms. The number of nitrogens with zero attached hydrogens (tertiary/aromatic N) is 1. The SMILES string of the molecule is CC(C)NCc1ccc(CN2CCSC(C)C2C)o1. The van der Waals surface area contributed by atoms with Crippen molar-refractivity contribution >= 4 is 11.8 Å². The van der Waals surface area contributed by atoms with Gasteiger partial charge in [-0.1, -0.05) is 20.8 Å². The predicted molar refractivity (Wildman–Crippen MR) is 82.5 cm³/mol. The Morgan fingerprint density at radius 3 is 2.84 bits per heavy atom. The molecule has 2 rings (SSSR count). The molecule has 4 heteroatoms. The summed E-state index contributed by atoms with van der Waals surface area (Å²) in [4.78, 5) is 2.53. The molecule has 1 aliphatic rings. The molecule has 1 aromatic rings. The quantitative estimate of drug-likeness (QED) is 0.898. The van der Waals surface area contributed by atoms with E-state index in [1.165, 1.54) is 5.75 Å². The molecular formula is C15H26N2OS. The zero-order valence-electron chi connectivity index (χ0n) is 12.5. The van der Waals surface area contributed by atoms with Gasteiger partial charge in [0, 0.05) is 29.6 Å². The minimum atomic E-state index is 0.494. The normalized spacial score (nSPS) is 25.1. The van der Waals surface area contributed by atoms with E-state index >= 15 is 0 Å². The number of hydrogen-bond donors (Lipinski definition) is 1. The average molecular weight is 282 g/mol. The van der Waals surface area contributed by atoms with Crippen molar-refractivity contribution in [1.29, 1.82) is 0 Å². The topological polar surface area (TPSA) is 28.4 Å². The lowest BCUT2D eigenvalue weighted by atomic mass is 10.2. The molecule has 1 fully saturated rings. The standard InChI is InChI=1S/C15H26N2OS/c1-11(2)16-9-14-5-6-15(18-14)10-17-7-8-19-13(4)12(17)3/h5-6,11-13,16H,7-10H2,1-4H3. The summed E-state index contributed by atoms with van der Waals surface area (Å²) in [7, 11) is 0. The van der Waals surface area contributed by atoms with E-state index in [1.54, 1.807) is 0 Å². The third-order valence-electron chi connectivity index (χ3n) is 3.78. The molecular weight excluding hydrogens is 256 g/mol. The maximum Gasteiger partial charge on any atom is 0.118 e. The molecule has 2 atom stereocenters. The van der Waals surface area contributed by atoms with E-state index < -0.39 is 0 Å². The lowest BCUT2D eigenvalue weighted by Gasteiger charge is -2.36. The largest absolute Gasteiger partial charge is 0.463 e. The van der Waals surface area contributed by atoms with Gasteiger partial charge in [0.05, 0.1) is 13.1 Å². The third-order valence-corrected chi connectivity index (χ3v) is 5.11. The van der Waals surface area contributed by atoms with Gasteiger partial charge in [-0.15, -0.1) is 0 Å². The Labute approximate surface area is 121 Å². The molecule has 1 saturated heterocycles. The summed E-state index contributed by atoms with van der Waals surface area (Å²) in [5.74, 6) is 3.36. The summed E-state index contributed by atoms with van der Waals surface area (Å²) in [6.45, 7) is 11.9. The van der Waals surface area contributed by atoms with Crippen LogP contribution in [0.2, 0.25) is 0 Å². The molecule has 2 unspecified atom stereocenters. The van der Waals surface area contributed by atoms with Crippen LogP contribution in [0.4, 0.5) is 0 Å². The number of hydrogen-bond acceptors (Lipinski definition) is 4.